The van der Waals surface area contributed by atoms with Gasteiger partial charge in [0.1, 0.15) is 17.6 Å². The van der Waals surface area contributed by atoms with E-state index < -0.39 is 35.6 Å². The van der Waals surface area contributed by atoms with Crippen molar-refractivity contribution < 1.29 is 29.6 Å². The van der Waals surface area contributed by atoms with Crippen molar-refractivity contribution in [3.63, 3.8) is 0 Å². The number of aromatic hydroxyl groups is 2. The Balaban J connectivity index is 2.29. The van der Waals surface area contributed by atoms with Gasteiger partial charge in [0.15, 0.2) is 11.6 Å². The molecule has 110 valence electrons. The van der Waals surface area contributed by atoms with Crippen LogP contribution in [0.5, 0.6) is 11.5 Å². The van der Waals surface area contributed by atoms with Gasteiger partial charge in [0.05, 0.1) is 17.8 Å². The van der Waals surface area contributed by atoms with Crippen LogP contribution in [0.25, 0.3) is 0 Å². The molecule has 3 rings (SSSR count). The molecule has 1 aromatic carbocycles. The molecular formula is C15H14O6. The number of phenolic OH excluding ortho intramolecular Hbond substituents is 2. The number of Topliss-reactive ketones (excluding diaryl/α,β-unsaturated/α-hetero) is 2. The zero-order valence-electron chi connectivity index (χ0n) is 11.5. The number of aliphatic hydroxyl groups is 1. The molecule has 0 amide bonds. The Bertz CT molecular complexity index is 702. The van der Waals surface area contributed by atoms with Crippen LogP contribution in [0.15, 0.2) is 23.3 Å². The van der Waals surface area contributed by atoms with E-state index in [2.05, 4.69) is 0 Å². The molecule has 0 fully saturated rings. The van der Waals surface area contributed by atoms with E-state index in [4.69, 9.17) is 4.74 Å². The highest BCUT2D eigenvalue weighted by molar-refractivity contribution is 6.28. The second-order valence-corrected chi connectivity index (χ2v) is 5.30. The van der Waals surface area contributed by atoms with Gasteiger partial charge in [-0.25, -0.2) is 0 Å². The number of hydrogen-bond donors (Lipinski definition) is 3. The van der Waals surface area contributed by atoms with Gasteiger partial charge in [0.25, 0.3) is 0 Å². The molecule has 3 atom stereocenters. The average Bonchev–Trinajstić information content (AvgIpc) is 2.39. The van der Waals surface area contributed by atoms with Gasteiger partial charge in [-0.05, 0) is 19.9 Å². The number of ketones is 2. The molecule has 21 heavy (non-hydrogen) atoms. The first-order chi connectivity index (χ1) is 9.82. The molecule has 0 saturated heterocycles. The van der Waals surface area contributed by atoms with Gasteiger partial charge < -0.3 is 20.1 Å². The van der Waals surface area contributed by atoms with E-state index in [-0.39, 0.29) is 28.0 Å². The van der Waals surface area contributed by atoms with E-state index in [1.807, 2.05) is 0 Å². The summed E-state index contributed by atoms with van der Waals surface area (Å²) in [6.07, 6.45) is -2.50. The third-order valence-electron chi connectivity index (χ3n) is 3.92. The first kappa shape index (κ1) is 13.8. The molecule has 0 aromatic heterocycles. The molecule has 6 heteroatoms. The van der Waals surface area contributed by atoms with Crippen LogP contribution in [0.1, 0.15) is 34.6 Å². The fraction of sp³-hybridized carbons (Fsp3) is 0.333. The van der Waals surface area contributed by atoms with Crippen molar-refractivity contribution in [1.82, 2.24) is 0 Å². The summed E-state index contributed by atoms with van der Waals surface area (Å²) in [5.41, 5.74) is -0.201. The lowest BCUT2D eigenvalue weighted by Gasteiger charge is -2.36. The lowest BCUT2D eigenvalue weighted by Crippen LogP contribution is -2.45. The number of aliphatic hydroxyl groups excluding tert-OH is 1. The molecule has 0 bridgehead atoms. The van der Waals surface area contributed by atoms with E-state index in [1.54, 1.807) is 13.8 Å². The third kappa shape index (κ3) is 1.80. The molecule has 0 saturated carbocycles. The van der Waals surface area contributed by atoms with Crippen LogP contribution in [0.3, 0.4) is 0 Å². The van der Waals surface area contributed by atoms with Gasteiger partial charge in [-0.3, -0.25) is 9.59 Å². The first-order valence-electron chi connectivity index (χ1n) is 6.56. The van der Waals surface area contributed by atoms with Gasteiger partial charge in [-0.1, -0.05) is 0 Å². The summed E-state index contributed by atoms with van der Waals surface area (Å²) in [7, 11) is 0. The van der Waals surface area contributed by atoms with Gasteiger partial charge >= 0.3 is 0 Å². The van der Waals surface area contributed by atoms with Crippen molar-refractivity contribution >= 4 is 11.6 Å². The smallest absolute Gasteiger partial charge is 0.196 e. The van der Waals surface area contributed by atoms with E-state index in [1.165, 1.54) is 0 Å². The van der Waals surface area contributed by atoms with Crippen LogP contribution < -0.4 is 0 Å². The lowest BCUT2D eigenvalue weighted by atomic mass is 9.77. The van der Waals surface area contributed by atoms with E-state index in [9.17, 15) is 24.9 Å². The van der Waals surface area contributed by atoms with Crippen molar-refractivity contribution in [2.45, 2.75) is 32.2 Å². The number of hydrogen-bond acceptors (Lipinski definition) is 6. The van der Waals surface area contributed by atoms with E-state index in [0.717, 1.165) is 12.1 Å². The molecule has 6 nitrogen and oxygen atoms in total. The minimum absolute atomic E-state index is 0.0104. The maximum atomic E-state index is 12.6. The Hall–Kier alpha value is -2.18. The summed E-state index contributed by atoms with van der Waals surface area (Å²) in [6, 6.07) is 2.12. The van der Waals surface area contributed by atoms with Crippen LogP contribution in [0.4, 0.5) is 0 Å². The highest BCUT2D eigenvalue weighted by atomic mass is 16.5. The summed E-state index contributed by atoms with van der Waals surface area (Å²) in [4.78, 5) is 25.1. The van der Waals surface area contributed by atoms with Gasteiger partial charge in [-0.2, -0.15) is 0 Å². The fourth-order valence-electron chi connectivity index (χ4n) is 2.95. The third-order valence-corrected chi connectivity index (χ3v) is 3.92. The first-order valence-corrected chi connectivity index (χ1v) is 6.56. The highest BCUT2D eigenvalue weighted by Gasteiger charge is 2.44. The predicted molar refractivity (Wildman–Crippen MR) is 71.5 cm³/mol. The maximum absolute atomic E-state index is 12.6. The molecule has 0 unspecified atom stereocenters. The summed E-state index contributed by atoms with van der Waals surface area (Å²) < 4.78 is 5.45. The molecule has 1 aromatic rings. The number of phenols is 2. The summed E-state index contributed by atoms with van der Waals surface area (Å²) in [5.74, 6) is -1.91. The zero-order valence-corrected chi connectivity index (χ0v) is 11.5. The highest BCUT2D eigenvalue weighted by Crippen LogP contribution is 2.40. The number of fused-ring (bicyclic) bond motifs is 1. The lowest BCUT2D eigenvalue weighted by molar-refractivity contribution is -0.0493. The number of benzene rings is 1. The Morgan fingerprint density at radius 2 is 1.71 bits per heavy atom. The number of carbonyl (C=O) groups excluding carboxylic acids is 2. The molecule has 1 aliphatic carbocycles. The second-order valence-electron chi connectivity index (χ2n) is 5.30. The number of carbonyl (C=O) groups is 2. The molecular weight excluding hydrogens is 276 g/mol. The monoisotopic (exact) mass is 290 g/mol. The summed E-state index contributed by atoms with van der Waals surface area (Å²) in [5, 5.41) is 29.5. The Kier molecular flexibility index (Phi) is 2.89. The second kappa shape index (κ2) is 4.41. The largest absolute Gasteiger partial charge is 0.508 e. The summed E-state index contributed by atoms with van der Waals surface area (Å²) >= 11 is 0. The van der Waals surface area contributed by atoms with Gasteiger partial charge in [0, 0.05) is 22.8 Å². The van der Waals surface area contributed by atoms with Crippen LogP contribution >= 0.6 is 0 Å². The molecule has 0 radical (unpaired) electrons. The van der Waals surface area contributed by atoms with Crippen molar-refractivity contribution in [3.8, 4) is 11.5 Å². The van der Waals surface area contributed by atoms with Crippen LogP contribution in [0.2, 0.25) is 0 Å². The number of ether oxygens (including phenoxy) is 1. The quantitative estimate of drug-likeness (QED) is 0.657. The number of rotatable bonds is 0. The summed E-state index contributed by atoms with van der Waals surface area (Å²) in [6.45, 7) is 3.23. The minimum atomic E-state index is -1.22. The van der Waals surface area contributed by atoms with Gasteiger partial charge in [-0.15, -0.1) is 0 Å². The van der Waals surface area contributed by atoms with Crippen LogP contribution in [-0.4, -0.2) is 45.2 Å². The van der Waals surface area contributed by atoms with Crippen molar-refractivity contribution in [3.05, 3.63) is 34.4 Å². The van der Waals surface area contributed by atoms with Crippen molar-refractivity contribution in [2.24, 2.45) is 0 Å². The fourth-order valence-corrected chi connectivity index (χ4v) is 2.95. The SMILES string of the molecule is C[C@@H]1O[C@H](C)C2=C(C(=O)c3cc(O)cc(O)c3C2=O)[C@H]1O. The molecule has 2 aliphatic rings. The predicted octanol–water partition coefficient (Wildman–Crippen LogP) is 0.941. The topological polar surface area (TPSA) is 104 Å². The minimum Gasteiger partial charge on any atom is -0.508 e. The van der Waals surface area contributed by atoms with Gasteiger partial charge in [0.2, 0.25) is 0 Å². The van der Waals surface area contributed by atoms with Crippen LogP contribution in [0, 0.1) is 0 Å². The van der Waals surface area contributed by atoms with Crippen molar-refractivity contribution in [1.29, 1.82) is 0 Å². The molecule has 3 N–H and O–H groups in total. The maximum Gasteiger partial charge on any atom is 0.196 e. The zero-order chi connectivity index (χ0) is 15.5. The Morgan fingerprint density at radius 1 is 1.05 bits per heavy atom. The van der Waals surface area contributed by atoms with E-state index >= 15 is 0 Å². The molecule has 1 heterocycles. The Morgan fingerprint density at radius 3 is 2.38 bits per heavy atom. The average molecular weight is 290 g/mol. The van der Waals surface area contributed by atoms with Crippen molar-refractivity contribution in [2.75, 3.05) is 0 Å². The van der Waals surface area contributed by atoms with Crippen LogP contribution in [-0.2, 0) is 4.74 Å². The molecule has 1 aliphatic heterocycles. The normalized spacial score (nSPS) is 28.4. The standard InChI is InChI=1S/C15H14O6/c1-5-10-12(13(18)6(2)21-5)14(19)8-3-7(16)4-9(17)11(8)15(10)20/h3-6,13,16-18H,1-2H3/t5-,6+,13+/m1/s1. The van der Waals surface area contributed by atoms with E-state index in [0.29, 0.717) is 0 Å². The Labute approximate surface area is 120 Å². The molecule has 0 spiro atoms.